The van der Waals surface area contributed by atoms with Gasteiger partial charge in [0.2, 0.25) is 11.6 Å². The largest absolute Gasteiger partial charge is 0.390 e. The maximum absolute atomic E-state index is 15.9. The van der Waals surface area contributed by atoms with E-state index in [4.69, 9.17) is 19.7 Å². The van der Waals surface area contributed by atoms with Crippen LogP contribution in [0.2, 0.25) is 0 Å². The molecule has 4 aromatic heterocycles. The number of nitrogen functional groups attached to an aromatic ring is 1. The number of hydrogen-bond donors (Lipinski definition) is 6. The van der Waals surface area contributed by atoms with Crippen molar-refractivity contribution in [2.24, 2.45) is 0 Å². The Kier molecular flexibility index (Phi) is 5.57. The number of aliphatic hydroxyl groups excluding tert-OH is 2. The van der Waals surface area contributed by atoms with Gasteiger partial charge in [-0.2, -0.15) is 10.1 Å². The van der Waals surface area contributed by atoms with E-state index >= 15 is 4.39 Å². The molecule has 20 heteroatoms. The van der Waals surface area contributed by atoms with E-state index in [9.17, 15) is 24.4 Å². The van der Waals surface area contributed by atoms with Gasteiger partial charge < -0.3 is 34.9 Å². The summed E-state index contributed by atoms with van der Waals surface area (Å²) in [4.78, 5) is 40.9. The van der Waals surface area contributed by atoms with Gasteiger partial charge in [-0.3, -0.25) is 23.7 Å². The summed E-state index contributed by atoms with van der Waals surface area (Å²) in [5, 5.41) is 24.9. The molecule has 40 heavy (non-hydrogen) atoms. The fraction of sp³-hybridized carbons (Fsp3) is 0.500. The van der Waals surface area contributed by atoms with Crippen molar-refractivity contribution in [1.82, 2.24) is 39.1 Å². The number of fused-ring (bicyclic) bond motifs is 3. The van der Waals surface area contributed by atoms with E-state index < -0.39 is 72.4 Å². The van der Waals surface area contributed by atoms with Crippen LogP contribution in [-0.2, 0) is 18.6 Å². The first-order valence-corrected chi connectivity index (χ1v) is 14.8. The Morgan fingerprint density at radius 1 is 1.27 bits per heavy atom. The summed E-state index contributed by atoms with van der Waals surface area (Å²) in [5.41, 5.74) is 0.702. The summed E-state index contributed by atoms with van der Waals surface area (Å²) < 4.78 is 49.4. The summed E-state index contributed by atoms with van der Waals surface area (Å²) in [7, 11) is 0. The molecule has 212 valence electrons. The van der Waals surface area contributed by atoms with Gasteiger partial charge in [0.05, 0.1) is 30.9 Å². The lowest BCUT2D eigenvalue weighted by atomic mass is 10.1. The van der Waals surface area contributed by atoms with Crippen molar-refractivity contribution in [3.05, 3.63) is 45.3 Å². The Labute approximate surface area is 226 Å². The number of hydrogen-bond acceptors (Lipinski definition) is 13. The van der Waals surface area contributed by atoms with Gasteiger partial charge in [0, 0.05) is 6.42 Å². The average molecular weight is 597 g/mol. The van der Waals surface area contributed by atoms with Crippen LogP contribution < -0.4 is 16.9 Å². The highest BCUT2D eigenvalue weighted by Gasteiger charge is 2.82. The lowest BCUT2D eigenvalue weighted by Crippen LogP contribution is -2.35. The number of rotatable bonds is 6. The van der Waals surface area contributed by atoms with Crippen molar-refractivity contribution in [2.75, 3.05) is 12.3 Å². The number of alkyl halides is 1. The smallest absolute Gasteiger partial charge is 0.294 e. The molecule has 2 unspecified atom stereocenters. The van der Waals surface area contributed by atoms with Crippen LogP contribution in [0.3, 0.4) is 0 Å². The Morgan fingerprint density at radius 3 is 2.88 bits per heavy atom. The second kappa shape index (κ2) is 8.65. The number of imidazole rings is 2. The van der Waals surface area contributed by atoms with E-state index in [2.05, 4.69) is 42.3 Å². The molecule has 6 heterocycles. The topological polar surface area (TPSA) is 238 Å². The van der Waals surface area contributed by atoms with Crippen molar-refractivity contribution in [3.63, 3.8) is 0 Å². The fourth-order valence-electron chi connectivity index (χ4n) is 5.45. The standard InChI is InChI=1S/C20H21FN9O8PS/c21-20-11(32)12(20)38-18(29-5-25-10-14(29)27-19(22)28-16(10)33)13(20)39(35,40)36-3-9-7(31)1-8(37-9)6-2-23-15-17(34)24-4-26-30(6)15/h2,4-5,7-9,11-13,18,31-32H,1,3H2,(H,35,40)(H,24,26,34)(H3,22,27,28,33)/t7-,8+,9+,11?,12+,13-,18+,20+,39?/m0/s1. The van der Waals surface area contributed by atoms with Crippen LogP contribution >= 0.6 is 18.8 Å². The molecule has 0 aromatic carbocycles. The number of aromatic nitrogens is 8. The third kappa shape index (κ3) is 3.62. The minimum atomic E-state index is -4.29. The quantitative estimate of drug-likeness (QED) is 0.113. The Hall–Kier alpha value is -3.19. The lowest BCUT2D eigenvalue weighted by molar-refractivity contribution is -0.0221. The number of nitrogens with two attached hydrogens (primary N) is 1. The molecule has 4 aromatic rings. The molecule has 0 spiro atoms. The Balaban J connectivity index is 1.14. The molecular formula is C20H21FN9O8PS. The molecule has 1 saturated carbocycles. The molecule has 2 aliphatic heterocycles. The number of aliphatic hydroxyl groups is 2. The monoisotopic (exact) mass is 597 g/mol. The molecule has 9 atom stereocenters. The van der Waals surface area contributed by atoms with Crippen LogP contribution in [-0.4, -0.2) is 91.7 Å². The summed E-state index contributed by atoms with van der Waals surface area (Å²) >= 11 is 4.19. The second-order valence-corrected chi connectivity index (χ2v) is 13.4. The zero-order valence-corrected chi connectivity index (χ0v) is 21.9. The fourth-order valence-corrected chi connectivity index (χ4v) is 8.38. The highest BCUT2D eigenvalue weighted by Crippen LogP contribution is 2.73. The summed E-state index contributed by atoms with van der Waals surface area (Å²) in [5.74, 6) is -0.230. The summed E-state index contributed by atoms with van der Waals surface area (Å²) in [6, 6.07) is 0. The highest BCUT2D eigenvalue weighted by atomic mass is 32.7. The molecule has 3 aliphatic rings. The Morgan fingerprint density at radius 2 is 2.08 bits per heavy atom. The van der Waals surface area contributed by atoms with E-state index in [1.54, 1.807) is 0 Å². The van der Waals surface area contributed by atoms with Gasteiger partial charge in [-0.25, -0.2) is 18.9 Å². The third-order valence-corrected chi connectivity index (χ3v) is 10.4. The van der Waals surface area contributed by atoms with Crippen molar-refractivity contribution < 1.29 is 33.2 Å². The van der Waals surface area contributed by atoms with Gasteiger partial charge in [0.1, 0.15) is 36.4 Å². The summed E-state index contributed by atoms with van der Waals surface area (Å²) in [6.07, 6.45) is -3.29. The Bertz CT molecular complexity index is 1830. The van der Waals surface area contributed by atoms with Crippen molar-refractivity contribution in [1.29, 1.82) is 0 Å². The van der Waals surface area contributed by atoms with Gasteiger partial charge in [-0.15, -0.1) is 0 Å². The maximum Gasteiger partial charge on any atom is 0.294 e. The normalized spacial score (nSPS) is 34.9. The minimum Gasteiger partial charge on any atom is -0.390 e. The van der Waals surface area contributed by atoms with Gasteiger partial charge >= 0.3 is 0 Å². The van der Waals surface area contributed by atoms with Gasteiger partial charge in [0.25, 0.3) is 17.7 Å². The molecule has 2 saturated heterocycles. The number of aromatic amines is 2. The first kappa shape index (κ1) is 25.8. The van der Waals surface area contributed by atoms with Crippen molar-refractivity contribution in [2.45, 2.75) is 54.5 Å². The van der Waals surface area contributed by atoms with Crippen LogP contribution in [0.15, 0.2) is 28.4 Å². The van der Waals surface area contributed by atoms with Crippen LogP contribution in [0.4, 0.5) is 10.3 Å². The number of halogens is 1. The van der Waals surface area contributed by atoms with Crippen LogP contribution in [0, 0.1) is 0 Å². The van der Waals surface area contributed by atoms with Crippen LogP contribution in [0.5, 0.6) is 0 Å². The SMILES string of the molecule is Nc1nc2c(ncn2[C@@H]2O[C@@H]3C(O)[C@]3(F)[C@H]2P(=O)(S)OC[C@H]2O[C@@H](c3cnc4c(=O)[nH]cnn34)C[C@@H]2O)c(=O)[nH]1. The van der Waals surface area contributed by atoms with Gasteiger partial charge in [-0.1, -0.05) is 12.2 Å². The molecule has 17 nitrogen and oxygen atoms in total. The van der Waals surface area contributed by atoms with Crippen LogP contribution in [0.1, 0.15) is 24.4 Å². The van der Waals surface area contributed by atoms with Gasteiger partial charge in [0.15, 0.2) is 23.1 Å². The van der Waals surface area contributed by atoms with Crippen molar-refractivity contribution in [3.8, 4) is 0 Å². The molecular weight excluding hydrogens is 576 g/mol. The number of ether oxygens (including phenoxy) is 2. The van der Waals surface area contributed by atoms with E-state index in [0.29, 0.717) is 5.69 Å². The molecule has 6 N–H and O–H groups in total. The van der Waals surface area contributed by atoms with Gasteiger partial charge in [-0.05, 0) is 0 Å². The highest BCUT2D eigenvalue weighted by molar-refractivity contribution is 8.46. The maximum atomic E-state index is 15.9. The van der Waals surface area contributed by atoms with E-state index in [1.165, 1.54) is 21.6 Å². The number of nitrogens with zero attached hydrogens (tertiary/aromatic N) is 6. The minimum absolute atomic E-state index is 0.0403. The number of anilines is 1. The van der Waals surface area contributed by atoms with E-state index in [-0.39, 0.29) is 29.2 Å². The van der Waals surface area contributed by atoms with E-state index in [1.807, 2.05) is 0 Å². The molecule has 0 amide bonds. The number of nitrogens with one attached hydrogen (secondary N) is 2. The predicted octanol–water partition coefficient (Wildman–Crippen LogP) is -1.19. The zero-order valence-electron chi connectivity index (χ0n) is 20.1. The number of thiol groups is 1. The zero-order chi connectivity index (χ0) is 28.1. The molecule has 1 aliphatic carbocycles. The molecule has 0 bridgehead atoms. The summed E-state index contributed by atoms with van der Waals surface area (Å²) in [6.45, 7) is -4.75. The molecule has 3 fully saturated rings. The third-order valence-electron chi connectivity index (χ3n) is 7.47. The second-order valence-electron chi connectivity index (χ2n) is 9.80. The molecule has 0 radical (unpaired) electrons. The average Bonchev–Trinajstić information content (AvgIpc) is 3.49. The lowest BCUT2D eigenvalue weighted by Gasteiger charge is -2.30. The first-order valence-electron chi connectivity index (χ1n) is 12.0. The van der Waals surface area contributed by atoms with E-state index in [0.717, 1.165) is 6.33 Å². The van der Waals surface area contributed by atoms with Crippen LogP contribution in [0.25, 0.3) is 16.8 Å². The number of H-pyrrole nitrogens is 2. The first-order chi connectivity index (χ1) is 19.0. The van der Waals surface area contributed by atoms with Crippen molar-refractivity contribution >= 4 is 41.6 Å². The molecule has 7 rings (SSSR count). The predicted molar refractivity (Wildman–Crippen MR) is 134 cm³/mol.